The molecule has 0 radical (unpaired) electrons. The van der Waals surface area contributed by atoms with Crippen LogP contribution in [-0.4, -0.2) is 42.3 Å². The van der Waals surface area contributed by atoms with Crippen molar-refractivity contribution in [3.8, 4) is 11.8 Å². The van der Waals surface area contributed by atoms with Gasteiger partial charge in [0.15, 0.2) is 11.6 Å². The van der Waals surface area contributed by atoms with Crippen molar-refractivity contribution in [3.05, 3.63) is 82.1 Å². The van der Waals surface area contributed by atoms with Crippen LogP contribution in [0.15, 0.2) is 65.1 Å². The van der Waals surface area contributed by atoms with E-state index in [1.807, 2.05) is 6.07 Å². The lowest BCUT2D eigenvalue weighted by Crippen LogP contribution is -2.41. The third kappa shape index (κ3) is 3.88. The predicted molar refractivity (Wildman–Crippen MR) is 115 cm³/mol. The maximum atomic E-state index is 14.3. The van der Waals surface area contributed by atoms with E-state index in [9.17, 15) is 34.2 Å². The molecule has 0 spiro atoms. The number of aromatic carboxylic acids is 1. The molecule has 1 unspecified atom stereocenters. The number of esters is 2. The van der Waals surface area contributed by atoms with Crippen molar-refractivity contribution < 1.29 is 38.5 Å². The zero-order chi connectivity index (χ0) is 25.2. The number of nitrogens with two attached hydrogens (primary N) is 1. The number of halogens is 1. The Bertz CT molecular complexity index is 1300. The fourth-order valence-electron chi connectivity index (χ4n) is 3.67. The number of carbonyl (C=O) groups is 3. The van der Waals surface area contributed by atoms with E-state index in [1.54, 1.807) is 30.3 Å². The van der Waals surface area contributed by atoms with E-state index >= 15 is 0 Å². The van der Waals surface area contributed by atoms with Crippen molar-refractivity contribution in [2.75, 3.05) is 19.1 Å². The quantitative estimate of drug-likeness (QED) is 0.555. The molecular formula is C23H18FN3O7. The van der Waals surface area contributed by atoms with Gasteiger partial charge in [-0.3, -0.25) is 4.90 Å². The first-order valence-corrected chi connectivity index (χ1v) is 9.59. The molecule has 0 bridgehead atoms. The van der Waals surface area contributed by atoms with Gasteiger partial charge in [0.1, 0.15) is 11.5 Å². The minimum Gasteiger partial charge on any atom is -0.505 e. The van der Waals surface area contributed by atoms with Crippen LogP contribution in [0.2, 0.25) is 0 Å². The molecule has 0 aliphatic carbocycles. The zero-order valence-electron chi connectivity index (χ0n) is 17.9. The second kappa shape index (κ2) is 9.33. The molecular weight excluding hydrogens is 449 g/mol. The highest BCUT2D eigenvalue weighted by Crippen LogP contribution is 2.44. The molecule has 1 heterocycles. The van der Waals surface area contributed by atoms with Crippen molar-refractivity contribution in [1.29, 1.82) is 5.26 Å². The number of anilines is 1. The Morgan fingerprint density at radius 1 is 1.12 bits per heavy atom. The summed E-state index contributed by atoms with van der Waals surface area (Å²) in [5.74, 6) is -7.61. The number of carboxylic acids is 1. The highest BCUT2D eigenvalue weighted by Gasteiger charge is 2.44. The van der Waals surface area contributed by atoms with E-state index in [2.05, 4.69) is 0 Å². The van der Waals surface area contributed by atoms with Crippen molar-refractivity contribution in [2.24, 2.45) is 5.73 Å². The van der Waals surface area contributed by atoms with Crippen LogP contribution in [0, 0.1) is 17.1 Å². The summed E-state index contributed by atoms with van der Waals surface area (Å²) in [5, 5.41) is 29.3. The molecule has 3 rings (SSSR count). The first kappa shape index (κ1) is 23.8. The first-order chi connectivity index (χ1) is 16.2. The molecule has 0 aromatic heterocycles. The van der Waals surface area contributed by atoms with Crippen LogP contribution < -0.4 is 10.6 Å². The Balaban J connectivity index is 2.51. The normalized spacial score (nSPS) is 15.6. The topological polar surface area (TPSA) is 163 Å². The summed E-state index contributed by atoms with van der Waals surface area (Å²) in [4.78, 5) is 38.5. The number of hydrogen-bond acceptors (Lipinski definition) is 9. The molecule has 0 amide bonds. The molecule has 0 saturated heterocycles. The lowest BCUT2D eigenvalue weighted by atomic mass is 9.80. The summed E-state index contributed by atoms with van der Waals surface area (Å²) in [6, 6.07) is 11.3. The minimum atomic E-state index is -1.61. The molecule has 11 heteroatoms. The number of allylic oxidation sites excluding steroid dienone is 1. The molecule has 1 aliphatic rings. The van der Waals surface area contributed by atoms with E-state index in [1.165, 1.54) is 0 Å². The van der Waals surface area contributed by atoms with Crippen LogP contribution in [-0.2, 0) is 19.1 Å². The monoisotopic (exact) mass is 467 g/mol. The fraction of sp³-hybridized carbons (Fsp3) is 0.130. The summed E-state index contributed by atoms with van der Waals surface area (Å²) >= 11 is 0. The molecule has 4 N–H and O–H groups in total. The maximum absolute atomic E-state index is 14.3. The number of carbonyl (C=O) groups excluding carboxylic acids is 2. The maximum Gasteiger partial charge on any atom is 0.355 e. The summed E-state index contributed by atoms with van der Waals surface area (Å²) in [7, 11) is 2.06. The summed E-state index contributed by atoms with van der Waals surface area (Å²) < 4.78 is 24.0. The third-order valence-corrected chi connectivity index (χ3v) is 5.15. The first-order valence-electron chi connectivity index (χ1n) is 9.59. The third-order valence-electron chi connectivity index (χ3n) is 5.15. The van der Waals surface area contributed by atoms with Gasteiger partial charge < -0.3 is 25.4 Å². The van der Waals surface area contributed by atoms with E-state index in [0.29, 0.717) is 17.7 Å². The van der Waals surface area contributed by atoms with Gasteiger partial charge in [0, 0.05) is 6.07 Å². The van der Waals surface area contributed by atoms with Gasteiger partial charge in [-0.2, -0.15) is 5.26 Å². The lowest BCUT2D eigenvalue weighted by molar-refractivity contribution is -0.139. The molecule has 174 valence electrons. The van der Waals surface area contributed by atoms with Gasteiger partial charge in [0.25, 0.3) is 0 Å². The van der Waals surface area contributed by atoms with E-state index < -0.39 is 58.2 Å². The standard InChI is InChI=1S/C23H18FN3O7/c1-33-22(31)18-17(11-6-4-3-5-7-11)13(10-25)20(26)27(19(18)23(32)34-2)15-9-14(24)16(28)8-12(15)21(29)30/h3-9,17,28H,26H2,1-2H3,(H,29,30). The molecule has 1 atom stereocenters. The highest BCUT2D eigenvalue weighted by molar-refractivity contribution is 6.08. The molecule has 0 fully saturated rings. The number of ether oxygens (including phenoxy) is 2. The van der Waals surface area contributed by atoms with Crippen molar-refractivity contribution in [1.82, 2.24) is 0 Å². The number of rotatable bonds is 5. The average molecular weight is 467 g/mol. The van der Waals surface area contributed by atoms with Gasteiger partial charge in [0.05, 0.1) is 48.6 Å². The predicted octanol–water partition coefficient (Wildman–Crippen LogP) is 2.13. The fourth-order valence-corrected chi connectivity index (χ4v) is 3.67. The van der Waals surface area contributed by atoms with Crippen LogP contribution >= 0.6 is 0 Å². The largest absolute Gasteiger partial charge is 0.505 e. The number of nitrogens with zero attached hydrogens (tertiary/aromatic N) is 2. The van der Waals surface area contributed by atoms with Crippen LogP contribution in [0.25, 0.3) is 0 Å². The number of nitriles is 1. The van der Waals surface area contributed by atoms with Crippen molar-refractivity contribution >= 4 is 23.6 Å². The number of phenols is 1. The van der Waals surface area contributed by atoms with Crippen LogP contribution in [0.4, 0.5) is 10.1 Å². The van der Waals surface area contributed by atoms with Crippen LogP contribution in [0.3, 0.4) is 0 Å². The second-order valence-corrected chi connectivity index (χ2v) is 6.96. The highest BCUT2D eigenvalue weighted by atomic mass is 19.1. The van der Waals surface area contributed by atoms with E-state index in [0.717, 1.165) is 19.1 Å². The smallest absolute Gasteiger partial charge is 0.355 e. The number of hydrogen-bond donors (Lipinski definition) is 3. The van der Waals surface area contributed by atoms with Gasteiger partial charge in [-0.05, 0) is 11.6 Å². The molecule has 2 aromatic rings. The Kier molecular flexibility index (Phi) is 6.54. The number of phenolic OH excluding ortho intramolecular Hbond substituents is 1. The van der Waals surface area contributed by atoms with Crippen LogP contribution in [0.1, 0.15) is 21.8 Å². The summed E-state index contributed by atoms with van der Waals surface area (Å²) in [6.07, 6.45) is 0. The number of carboxylic acid groups (broad SMARTS) is 1. The van der Waals surface area contributed by atoms with E-state index in [-0.39, 0.29) is 11.1 Å². The Morgan fingerprint density at radius 2 is 1.74 bits per heavy atom. The Morgan fingerprint density at radius 3 is 2.26 bits per heavy atom. The van der Waals surface area contributed by atoms with Gasteiger partial charge >= 0.3 is 17.9 Å². The molecule has 0 saturated carbocycles. The summed E-state index contributed by atoms with van der Waals surface area (Å²) in [6.45, 7) is 0. The van der Waals surface area contributed by atoms with Gasteiger partial charge in [-0.25, -0.2) is 18.8 Å². The number of aromatic hydroxyl groups is 1. The number of methoxy groups -OCH3 is 2. The summed E-state index contributed by atoms with van der Waals surface area (Å²) in [5.41, 5.74) is 4.27. The van der Waals surface area contributed by atoms with Gasteiger partial charge in [0.2, 0.25) is 0 Å². The van der Waals surface area contributed by atoms with E-state index in [4.69, 9.17) is 15.2 Å². The van der Waals surface area contributed by atoms with Crippen molar-refractivity contribution in [2.45, 2.75) is 5.92 Å². The molecule has 34 heavy (non-hydrogen) atoms. The average Bonchev–Trinajstić information content (AvgIpc) is 2.84. The zero-order valence-corrected chi connectivity index (χ0v) is 17.9. The van der Waals surface area contributed by atoms with Crippen LogP contribution in [0.5, 0.6) is 5.75 Å². The molecule has 10 nitrogen and oxygen atoms in total. The van der Waals surface area contributed by atoms with Gasteiger partial charge in [-0.1, -0.05) is 30.3 Å². The Hall–Kier alpha value is -4.85. The minimum absolute atomic E-state index is 0.232. The molecule has 1 aliphatic heterocycles. The van der Waals surface area contributed by atoms with Crippen molar-refractivity contribution in [3.63, 3.8) is 0 Å². The molecule has 2 aromatic carbocycles. The van der Waals surface area contributed by atoms with Gasteiger partial charge in [-0.15, -0.1) is 0 Å². The Labute approximate surface area is 192 Å². The second-order valence-electron chi connectivity index (χ2n) is 6.96. The SMILES string of the molecule is COC(=O)C1=C(C(=O)OC)N(c2cc(F)c(O)cc2C(=O)O)C(N)=C(C#N)C1c1ccccc1. The lowest BCUT2D eigenvalue weighted by Gasteiger charge is -2.36. The number of benzene rings is 2.